The van der Waals surface area contributed by atoms with E-state index in [9.17, 15) is 26.4 Å². The van der Waals surface area contributed by atoms with Crippen molar-refractivity contribution in [3.05, 3.63) is 90.5 Å². The van der Waals surface area contributed by atoms with E-state index in [2.05, 4.69) is 10.6 Å². The summed E-state index contributed by atoms with van der Waals surface area (Å²) in [5, 5.41) is 5.19. The molecule has 0 saturated carbocycles. The van der Waals surface area contributed by atoms with Gasteiger partial charge in [0.1, 0.15) is 6.04 Å². The molecule has 0 aliphatic carbocycles. The summed E-state index contributed by atoms with van der Waals surface area (Å²) in [4.78, 5) is 24.8. The molecule has 2 amide bonds. The molecule has 0 aliphatic rings. The van der Waals surface area contributed by atoms with E-state index in [1.165, 1.54) is 24.3 Å². The lowest BCUT2D eigenvalue weighted by Crippen LogP contribution is -2.46. The molecule has 0 heterocycles. The molecule has 0 aromatic heterocycles. The van der Waals surface area contributed by atoms with Crippen LogP contribution in [0.4, 0.5) is 11.4 Å². The maximum Gasteiger partial charge on any atom is 0.322 e. The Balaban J connectivity index is 1.80. The molecule has 3 aromatic rings. The monoisotopic (exact) mass is 515 g/mol. The maximum atomic E-state index is 12.9. The van der Waals surface area contributed by atoms with Gasteiger partial charge >= 0.3 is 9.06 Å². The highest BCUT2D eigenvalue weighted by Crippen LogP contribution is 2.19. The van der Waals surface area contributed by atoms with Gasteiger partial charge in [-0.1, -0.05) is 54.1 Å². The fourth-order valence-electron chi connectivity index (χ4n) is 3.08. The van der Waals surface area contributed by atoms with Crippen LogP contribution in [0, 0.1) is 6.92 Å². The number of hydrogen-bond acceptors (Lipinski definition) is 6. The van der Waals surface area contributed by atoms with Gasteiger partial charge in [-0.2, -0.15) is 13.1 Å². The minimum absolute atomic E-state index is 0.241. The lowest BCUT2D eigenvalue weighted by Gasteiger charge is -2.18. The fourth-order valence-corrected chi connectivity index (χ4v) is 6.33. The van der Waals surface area contributed by atoms with Gasteiger partial charge in [0.25, 0.3) is 8.87 Å². The van der Waals surface area contributed by atoms with E-state index in [0.717, 1.165) is 5.56 Å². The zero-order valence-electron chi connectivity index (χ0n) is 18.8. The second-order valence-corrected chi connectivity index (χ2v) is 12.9. The van der Waals surface area contributed by atoms with Gasteiger partial charge < -0.3 is 10.6 Å². The summed E-state index contributed by atoms with van der Waals surface area (Å²) in [5.41, 5.74) is 1.67. The van der Waals surface area contributed by atoms with Gasteiger partial charge in [0.2, 0.25) is 11.8 Å². The van der Waals surface area contributed by atoms with E-state index >= 15 is 0 Å². The summed E-state index contributed by atoms with van der Waals surface area (Å²) in [7, 11) is -9.90. The van der Waals surface area contributed by atoms with Crippen molar-refractivity contribution in [2.45, 2.75) is 30.7 Å². The Morgan fingerprint density at radius 3 is 1.80 bits per heavy atom. The van der Waals surface area contributed by atoms with Crippen LogP contribution in [0.25, 0.3) is 0 Å². The van der Waals surface area contributed by atoms with Crippen molar-refractivity contribution in [3.8, 4) is 0 Å². The van der Waals surface area contributed by atoms with Crippen LogP contribution in [0.1, 0.15) is 18.4 Å². The predicted octanol–water partition coefficient (Wildman–Crippen LogP) is 3.03. The van der Waals surface area contributed by atoms with E-state index in [-0.39, 0.29) is 12.8 Å². The van der Waals surface area contributed by atoms with Crippen LogP contribution in [0.5, 0.6) is 0 Å². The van der Waals surface area contributed by atoms with Gasteiger partial charge in [0.05, 0.1) is 4.90 Å². The number of amides is 2. The Kier molecular flexibility index (Phi) is 8.39. The van der Waals surface area contributed by atoms with E-state index < -0.39 is 40.7 Å². The minimum atomic E-state index is -5.04. The van der Waals surface area contributed by atoms with Crippen LogP contribution in [-0.4, -0.2) is 34.7 Å². The highest BCUT2D eigenvalue weighted by atomic mass is 33.2. The maximum absolute atomic E-state index is 12.9. The van der Waals surface area contributed by atoms with E-state index in [1.54, 1.807) is 67.6 Å². The zero-order valence-corrected chi connectivity index (χ0v) is 20.5. The predicted molar refractivity (Wildman–Crippen MR) is 134 cm³/mol. The van der Waals surface area contributed by atoms with E-state index in [1.807, 2.05) is 4.72 Å². The summed E-state index contributed by atoms with van der Waals surface area (Å²) in [6, 6.07) is 20.6. The number of rotatable bonds is 10. The number of hydrogen-bond donors (Lipinski definition) is 3. The minimum Gasteiger partial charge on any atom is -0.326 e. The van der Waals surface area contributed by atoms with Crippen LogP contribution in [0.3, 0.4) is 0 Å². The first-order valence-corrected chi connectivity index (χ1v) is 14.1. The molecule has 3 aromatic carbocycles. The zero-order chi connectivity index (χ0) is 25.5. The average Bonchev–Trinajstić information content (AvgIpc) is 2.83. The standard InChI is InChI=1S/C24H25N3O6S2/c1-18-12-14-21(15-13-18)34(30,31)35(32,33)27-22(24(29)26-20-10-6-3-7-11-20)16-17-23(28)25-19-8-4-2-5-9-19/h2-15,22,27H,16-17H2,1H3,(H,25,28)(H,26,29)/t22-/m0/s1. The molecule has 3 rings (SSSR count). The third-order valence-electron chi connectivity index (χ3n) is 4.96. The highest BCUT2D eigenvalue weighted by Gasteiger charge is 2.36. The molecule has 0 radical (unpaired) electrons. The van der Waals surface area contributed by atoms with Gasteiger partial charge in [0, 0.05) is 17.8 Å². The molecular formula is C24H25N3O6S2. The lowest BCUT2D eigenvalue weighted by atomic mass is 10.1. The molecular weight excluding hydrogens is 490 g/mol. The van der Waals surface area contributed by atoms with E-state index in [4.69, 9.17) is 0 Å². The Morgan fingerprint density at radius 1 is 0.743 bits per heavy atom. The highest BCUT2D eigenvalue weighted by molar-refractivity contribution is 8.66. The van der Waals surface area contributed by atoms with Crippen molar-refractivity contribution in [2.75, 3.05) is 10.6 Å². The Bertz CT molecular complexity index is 1380. The molecule has 1 atom stereocenters. The second kappa shape index (κ2) is 11.3. The first kappa shape index (κ1) is 26.1. The molecule has 0 unspecified atom stereocenters. The third-order valence-corrected chi connectivity index (χ3v) is 9.56. The fraction of sp³-hybridized carbons (Fsp3) is 0.167. The molecule has 0 spiro atoms. The Morgan fingerprint density at radius 2 is 1.26 bits per heavy atom. The molecule has 9 nitrogen and oxygen atoms in total. The van der Waals surface area contributed by atoms with Crippen molar-refractivity contribution in [3.63, 3.8) is 0 Å². The summed E-state index contributed by atoms with van der Waals surface area (Å²) in [6.07, 6.45) is -0.519. The van der Waals surface area contributed by atoms with Gasteiger partial charge in [-0.3, -0.25) is 9.59 Å². The van der Waals surface area contributed by atoms with Crippen molar-refractivity contribution < 1.29 is 26.4 Å². The molecule has 184 valence electrons. The van der Waals surface area contributed by atoms with Crippen LogP contribution in [-0.2, 0) is 27.5 Å². The van der Waals surface area contributed by atoms with Gasteiger partial charge in [0.15, 0.2) is 0 Å². The Labute approximate surface area is 203 Å². The van der Waals surface area contributed by atoms with Crippen molar-refractivity contribution in [1.82, 2.24) is 4.72 Å². The van der Waals surface area contributed by atoms with E-state index in [0.29, 0.717) is 11.4 Å². The van der Waals surface area contributed by atoms with Crippen LogP contribution >= 0.6 is 0 Å². The third kappa shape index (κ3) is 6.98. The van der Waals surface area contributed by atoms with Crippen molar-refractivity contribution in [2.24, 2.45) is 0 Å². The normalized spacial score (nSPS) is 12.5. The largest absolute Gasteiger partial charge is 0.326 e. The molecule has 0 saturated heterocycles. The van der Waals surface area contributed by atoms with Gasteiger partial charge in [-0.05, 0) is 49.7 Å². The summed E-state index contributed by atoms with van der Waals surface area (Å²) in [5.74, 6) is -1.26. The second-order valence-electron chi connectivity index (χ2n) is 7.70. The van der Waals surface area contributed by atoms with Gasteiger partial charge in [-0.25, -0.2) is 8.42 Å². The molecule has 0 bridgehead atoms. The summed E-state index contributed by atoms with van der Waals surface area (Å²) >= 11 is 0. The summed E-state index contributed by atoms with van der Waals surface area (Å²) in [6.45, 7) is 1.73. The first-order valence-electron chi connectivity index (χ1n) is 10.6. The Hall–Kier alpha value is -3.54. The number of nitrogens with one attached hydrogen (secondary N) is 3. The number of para-hydroxylation sites is 2. The van der Waals surface area contributed by atoms with Crippen LogP contribution in [0.15, 0.2) is 89.8 Å². The van der Waals surface area contributed by atoms with Crippen LogP contribution in [0.2, 0.25) is 0 Å². The first-order chi connectivity index (χ1) is 16.6. The molecule has 35 heavy (non-hydrogen) atoms. The van der Waals surface area contributed by atoms with Crippen LogP contribution < -0.4 is 15.4 Å². The smallest absolute Gasteiger partial charge is 0.322 e. The number of carbonyl (C=O) groups is 2. The summed E-state index contributed by atoms with van der Waals surface area (Å²) < 4.78 is 53.3. The quantitative estimate of drug-likeness (QED) is 0.355. The molecule has 0 aliphatic heterocycles. The van der Waals surface area contributed by atoms with Crippen molar-refractivity contribution in [1.29, 1.82) is 0 Å². The lowest BCUT2D eigenvalue weighted by molar-refractivity contribution is -0.118. The van der Waals surface area contributed by atoms with Gasteiger partial charge in [-0.15, -0.1) is 0 Å². The topological polar surface area (TPSA) is 139 Å². The number of anilines is 2. The number of carbonyl (C=O) groups excluding carboxylic acids is 2. The molecule has 11 heteroatoms. The SMILES string of the molecule is Cc1ccc(S(=O)(=O)S(=O)(=O)N[C@@H](CCC(=O)Nc2ccccc2)C(=O)Nc2ccccc2)cc1. The number of aryl methyl sites for hydroxylation is 1. The van der Waals surface area contributed by atoms with Crippen molar-refractivity contribution >= 4 is 41.1 Å². The molecule has 0 fully saturated rings. The average molecular weight is 516 g/mol. The molecule has 3 N–H and O–H groups in total. The number of benzene rings is 3.